The first-order valence-corrected chi connectivity index (χ1v) is 17.6. The molecule has 0 saturated heterocycles. The van der Waals surface area contributed by atoms with Crippen LogP contribution in [0, 0.1) is 0 Å². The highest BCUT2D eigenvalue weighted by molar-refractivity contribution is 7.07. The van der Waals surface area contributed by atoms with Crippen LogP contribution in [0.25, 0.3) is 22.5 Å². The summed E-state index contributed by atoms with van der Waals surface area (Å²) in [6, 6.07) is 36.1. The lowest BCUT2D eigenvalue weighted by Gasteiger charge is -2.26. The minimum Gasteiger partial charge on any atom is -0.497 e. The van der Waals surface area contributed by atoms with Gasteiger partial charge in [0.15, 0.2) is 16.3 Å². The predicted molar refractivity (Wildman–Crippen MR) is 200 cm³/mol. The van der Waals surface area contributed by atoms with Crippen molar-refractivity contribution >= 4 is 39.9 Å². The smallest absolute Gasteiger partial charge is 0.338 e. The maximum absolute atomic E-state index is 14.4. The second-order valence-corrected chi connectivity index (χ2v) is 12.8. The topological polar surface area (TPSA) is 88.4 Å². The first kappa shape index (κ1) is 33.6. The SMILES string of the molecule is CCOC(=O)C1=C(c2ccccc2)N=c2s/c(=C\c3ccc(OCc4cccc5ccccc45)c(OCC)c3)c(=O)n2[C@H]1c1cccc(OC)c1. The fourth-order valence-corrected chi connectivity index (χ4v) is 7.30. The molecule has 6 aromatic rings. The van der Waals surface area contributed by atoms with Crippen molar-refractivity contribution < 1.29 is 23.7 Å². The Morgan fingerprint density at radius 1 is 0.843 bits per heavy atom. The average molecular weight is 697 g/mol. The van der Waals surface area contributed by atoms with E-state index in [1.807, 2.05) is 104 Å². The van der Waals surface area contributed by atoms with Gasteiger partial charge in [-0.25, -0.2) is 9.79 Å². The van der Waals surface area contributed by atoms with Crippen LogP contribution in [0.15, 0.2) is 131 Å². The van der Waals surface area contributed by atoms with E-state index in [4.69, 9.17) is 23.9 Å². The summed E-state index contributed by atoms with van der Waals surface area (Å²) in [6.07, 6.45) is 1.82. The largest absolute Gasteiger partial charge is 0.497 e. The molecule has 0 unspecified atom stereocenters. The molecule has 1 atom stereocenters. The molecule has 0 saturated carbocycles. The van der Waals surface area contributed by atoms with Gasteiger partial charge in [-0.2, -0.15) is 0 Å². The fraction of sp³-hybridized carbons (Fsp3) is 0.167. The molecule has 7 rings (SSSR count). The van der Waals surface area contributed by atoms with Gasteiger partial charge >= 0.3 is 5.97 Å². The molecule has 256 valence electrons. The molecule has 0 radical (unpaired) electrons. The van der Waals surface area contributed by atoms with Crippen LogP contribution in [0.3, 0.4) is 0 Å². The number of carbonyl (C=O) groups excluding carboxylic acids is 1. The van der Waals surface area contributed by atoms with Crippen LogP contribution in [-0.4, -0.2) is 30.9 Å². The van der Waals surface area contributed by atoms with Crippen LogP contribution in [0.4, 0.5) is 0 Å². The maximum atomic E-state index is 14.4. The van der Waals surface area contributed by atoms with Gasteiger partial charge in [-0.1, -0.05) is 102 Å². The van der Waals surface area contributed by atoms with E-state index in [1.165, 1.54) is 11.3 Å². The molecular weight excluding hydrogens is 661 g/mol. The zero-order valence-corrected chi connectivity index (χ0v) is 29.3. The zero-order valence-electron chi connectivity index (χ0n) is 28.5. The van der Waals surface area contributed by atoms with Crippen molar-refractivity contribution in [1.82, 2.24) is 4.57 Å². The van der Waals surface area contributed by atoms with Gasteiger partial charge in [0, 0.05) is 5.56 Å². The van der Waals surface area contributed by atoms with Crippen LogP contribution in [-0.2, 0) is 16.1 Å². The Morgan fingerprint density at radius 2 is 1.63 bits per heavy atom. The summed E-state index contributed by atoms with van der Waals surface area (Å²) in [6.45, 7) is 4.66. The number of esters is 1. The van der Waals surface area contributed by atoms with Crippen molar-refractivity contribution in [1.29, 1.82) is 0 Å². The minimum atomic E-state index is -0.809. The molecule has 0 fully saturated rings. The lowest BCUT2D eigenvalue weighted by Crippen LogP contribution is -2.40. The van der Waals surface area contributed by atoms with Crippen LogP contribution >= 0.6 is 11.3 Å². The van der Waals surface area contributed by atoms with Crippen molar-refractivity contribution in [3.8, 4) is 17.2 Å². The number of methoxy groups -OCH3 is 1. The fourth-order valence-electron chi connectivity index (χ4n) is 6.29. The van der Waals surface area contributed by atoms with Crippen molar-refractivity contribution in [2.24, 2.45) is 4.99 Å². The van der Waals surface area contributed by atoms with Gasteiger partial charge in [0.2, 0.25) is 0 Å². The van der Waals surface area contributed by atoms with Crippen molar-refractivity contribution in [2.45, 2.75) is 26.5 Å². The first-order chi connectivity index (χ1) is 25.0. The number of rotatable bonds is 11. The monoisotopic (exact) mass is 696 g/mol. The third-order valence-electron chi connectivity index (χ3n) is 8.61. The number of nitrogens with zero attached hydrogens (tertiary/aromatic N) is 2. The van der Waals surface area contributed by atoms with Crippen LogP contribution in [0.2, 0.25) is 0 Å². The summed E-state index contributed by atoms with van der Waals surface area (Å²) in [5.41, 5.74) is 3.72. The number of thiazole rings is 1. The summed E-state index contributed by atoms with van der Waals surface area (Å²) >= 11 is 1.26. The molecule has 5 aromatic carbocycles. The lowest BCUT2D eigenvalue weighted by atomic mass is 9.93. The molecule has 51 heavy (non-hydrogen) atoms. The Hall–Kier alpha value is -5.93. The molecule has 1 aliphatic rings. The molecular formula is C42H36N2O6S. The second-order valence-electron chi connectivity index (χ2n) is 11.8. The third kappa shape index (κ3) is 6.80. The Kier molecular flexibility index (Phi) is 9.81. The highest BCUT2D eigenvalue weighted by Crippen LogP contribution is 2.36. The van der Waals surface area contributed by atoms with Gasteiger partial charge in [-0.3, -0.25) is 9.36 Å². The van der Waals surface area contributed by atoms with Gasteiger partial charge in [-0.05, 0) is 71.7 Å². The van der Waals surface area contributed by atoms with Gasteiger partial charge in [0.25, 0.3) is 5.56 Å². The van der Waals surface area contributed by atoms with Gasteiger partial charge in [0.1, 0.15) is 12.4 Å². The van der Waals surface area contributed by atoms with Crippen LogP contribution in [0.5, 0.6) is 17.2 Å². The van der Waals surface area contributed by atoms with Gasteiger partial charge in [-0.15, -0.1) is 0 Å². The lowest BCUT2D eigenvalue weighted by molar-refractivity contribution is -0.138. The maximum Gasteiger partial charge on any atom is 0.338 e. The number of ether oxygens (including phenoxy) is 4. The first-order valence-electron chi connectivity index (χ1n) is 16.8. The third-order valence-corrected chi connectivity index (χ3v) is 9.59. The number of benzene rings is 5. The Morgan fingerprint density at radius 3 is 2.43 bits per heavy atom. The van der Waals surface area contributed by atoms with Crippen LogP contribution < -0.4 is 29.1 Å². The molecule has 0 N–H and O–H groups in total. The van der Waals surface area contributed by atoms with E-state index in [-0.39, 0.29) is 17.7 Å². The number of hydrogen-bond acceptors (Lipinski definition) is 8. The number of aromatic nitrogens is 1. The highest BCUT2D eigenvalue weighted by Gasteiger charge is 2.35. The molecule has 9 heteroatoms. The quantitative estimate of drug-likeness (QED) is 0.135. The van der Waals surface area contributed by atoms with Crippen molar-refractivity contribution in [3.63, 3.8) is 0 Å². The molecule has 0 aliphatic carbocycles. The Bertz CT molecular complexity index is 2440. The van der Waals surface area contributed by atoms with E-state index < -0.39 is 12.0 Å². The molecule has 1 aliphatic heterocycles. The normalized spacial score (nSPS) is 14.2. The van der Waals surface area contributed by atoms with E-state index >= 15 is 0 Å². The molecule has 0 bridgehead atoms. The minimum absolute atomic E-state index is 0.170. The van der Waals surface area contributed by atoms with E-state index in [9.17, 15) is 9.59 Å². The molecule has 0 amide bonds. The Balaban J connectivity index is 1.33. The van der Waals surface area contributed by atoms with Gasteiger partial charge < -0.3 is 18.9 Å². The summed E-state index contributed by atoms with van der Waals surface area (Å²) in [5, 5.41) is 2.29. The van der Waals surface area contributed by atoms with E-state index in [0.29, 0.717) is 51.1 Å². The molecule has 0 spiro atoms. The van der Waals surface area contributed by atoms with Crippen molar-refractivity contribution in [2.75, 3.05) is 20.3 Å². The summed E-state index contributed by atoms with van der Waals surface area (Å²) in [5.74, 6) is 1.24. The van der Waals surface area contributed by atoms with E-state index in [1.54, 1.807) is 18.6 Å². The molecule has 2 heterocycles. The second kappa shape index (κ2) is 14.9. The number of hydrogen-bond donors (Lipinski definition) is 0. The predicted octanol–water partition coefficient (Wildman–Crippen LogP) is 7.08. The van der Waals surface area contributed by atoms with Crippen molar-refractivity contribution in [3.05, 3.63) is 163 Å². The van der Waals surface area contributed by atoms with Crippen LogP contribution in [0.1, 0.15) is 42.1 Å². The Labute approximate surface area is 299 Å². The highest BCUT2D eigenvalue weighted by atomic mass is 32.1. The summed E-state index contributed by atoms with van der Waals surface area (Å²) in [4.78, 5) is 33.6. The van der Waals surface area contributed by atoms with E-state index in [0.717, 1.165) is 27.5 Å². The average Bonchev–Trinajstić information content (AvgIpc) is 3.48. The summed E-state index contributed by atoms with van der Waals surface area (Å²) < 4.78 is 25.5. The zero-order chi connectivity index (χ0) is 35.3. The standard InChI is InChI=1S/C42H36N2O6S/c1-4-48-35-23-27(21-22-34(35)50-26-31-18-11-16-28-13-9-10-20-33(28)31)24-36-40(45)44-39(30-17-12-19-32(25-30)47-3)37(41(46)49-5-2)38(43-42(44)51-36)29-14-7-6-8-15-29/h6-25,39H,4-5,26H2,1-3H3/b36-24-/t39-/m0/s1. The van der Waals surface area contributed by atoms with Gasteiger partial charge in [0.05, 0.1) is 42.2 Å². The molecule has 1 aromatic heterocycles. The summed E-state index contributed by atoms with van der Waals surface area (Å²) in [7, 11) is 1.58. The number of fused-ring (bicyclic) bond motifs is 2. The number of carbonyl (C=O) groups is 1. The molecule has 8 nitrogen and oxygen atoms in total. The van der Waals surface area contributed by atoms with E-state index in [2.05, 4.69) is 24.3 Å².